The van der Waals surface area contributed by atoms with Gasteiger partial charge in [-0.2, -0.15) is 0 Å². The molecule has 0 bridgehead atoms. The minimum Gasteiger partial charge on any atom is -0.494 e. The number of amides is 1. The van der Waals surface area contributed by atoms with E-state index in [1.54, 1.807) is 18.2 Å². The van der Waals surface area contributed by atoms with Crippen LogP contribution in [0.1, 0.15) is 35.7 Å². The smallest absolute Gasteiger partial charge is 0.222 e. The van der Waals surface area contributed by atoms with Crippen LogP contribution >= 0.6 is 11.6 Å². The largest absolute Gasteiger partial charge is 0.494 e. The SMILES string of the molecule is CC(=O)c1ccc(N2CCN(C(=O)CCCOc3ccc(Cl)c(C)c3)CC2)c(F)c1. The van der Waals surface area contributed by atoms with E-state index in [2.05, 4.69) is 0 Å². The van der Waals surface area contributed by atoms with Crippen LogP contribution in [0.2, 0.25) is 5.02 Å². The Morgan fingerprint density at radius 2 is 1.83 bits per heavy atom. The predicted molar refractivity (Wildman–Crippen MR) is 116 cm³/mol. The summed E-state index contributed by atoms with van der Waals surface area (Å²) in [7, 11) is 0. The molecule has 3 rings (SSSR count). The number of nitrogens with zero attached hydrogens (tertiary/aromatic N) is 2. The first-order chi connectivity index (χ1) is 14.3. The van der Waals surface area contributed by atoms with Crippen LogP contribution in [0.5, 0.6) is 5.75 Å². The van der Waals surface area contributed by atoms with Crippen LogP contribution in [-0.4, -0.2) is 49.4 Å². The van der Waals surface area contributed by atoms with Gasteiger partial charge in [-0.25, -0.2) is 4.39 Å². The van der Waals surface area contributed by atoms with Gasteiger partial charge in [0, 0.05) is 43.2 Å². The summed E-state index contributed by atoms with van der Waals surface area (Å²) in [5, 5.41) is 0.700. The number of ether oxygens (including phenoxy) is 1. The van der Waals surface area contributed by atoms with Crippen molar-refractivity contribution in [2.75, 3.05) is 37.7 Å². The van der Waals surface area contributed by atoms with E-state index in [9.17, 15) is 14.0 Å². The van der Waals surface area contributed by atoms with Gasteiger partial charge in [0.25, 0.3) is 0 Å². The Balaban J connectivity index is 1.43. The van der Waals surface area contributed by atoms with E-state index in [4.69, 9.17) is 16.3 Å². The molecule has 0 N–H and O–H groups in total. The normalized spacial score (nSPS) is 14.0. The summed E-state index contributed by atoms with van der Waals surface area (Å²) in [5.41, 5.74) is 1.79. The molecule has 1 heterocycles. The molecule has 1 fully saturated rings. The number of halogens is 2. The van der Waals surface area contributed by atoms with Crippen molar-refractivity contribution in [1.82, 2.24) is 4.90 Å². The summed E-state index contributed by atoms with van der Waals surface area (Å²) in [6.07, 6.45) is 1.04. The topological polar surface area (TPSA) is 49.9 Å². The fourth-order valence-corrected chi connectivity index (χ4v) is 3.58. The summed E-state index contributed by atoms with van der Waals surface area (Å²) < 4.78 is 20.0. The third-order valence-electron chi connectivity index (χ3n) is 5.26. The van der Waals surface area contributed by atoms with Crippen LogP contribution < -0.4 is 9.64 Å². The lowest BCUT2D eigenvalue weighted by molar-refractivity contribution is -0.131. The number of aryl methyl sites for hydroxylation is 1. The number of rotatable bonds is 7. The molecule has 1 aliphatic rings. The average Bonchev–Trinajstić information content (AvgIpc) is 2.73. The average molecular weight is 433 g/mol. The van der Waals surface area contributed by atoms with Gasteiger partial charge in [-0.05, 0) is 62.2 Å². The van der Waals surface area contributed by atoms with Crippen molar-refractivity contribution in [3.63, 3.8) is 0 Å². The van der Waals surface area contributed by atoms with Gasteiger partial charge in [-0.15, -0.1) is 0 Å². The van der Waals surface area contributed by atoms with Gasteiger partial charge in [0.1, 0.15) is 11.6 Å². The fraction of sp³-hybridized carbons (Fsp3) is 0.391. The monoisotopic (exact) mass is 432 g/mol. The molecule has 0 spiro atoms. The van der Waals surface area contributed by atoms with Crippen molar-refractivity contribution in [3.8, 4) is 5.75 Å². The quantitative estimate of drug-likeness (QED) is 0.477. The number of carbonyl (C=O) groups is 2. The van der Waals surface area contributed by atoms with E-state index in [0.29, 0.717) is 61.9 Å². The zero-order valence-corrected chi connectivity index (χ0v) is 18.0. The summed E-state index contributed by atoms with van der Waals surface area (Å²) in [6, 6.07) is 10.1. The van der Waals surface area contributed by atoms with Gasteiger partial charge in [0.2, 0.25) is 5.91 Å². The number of benzene rings is 2. The molecule has 1 saturated heterocycles. The molecule has 7 heteroatoms. The Labute approximate surface area is 181 Å². The Morgan fingerprint density at radius 3 is 2.47 bits per heavy atom. The number of piperazine rings is 1. The molecule has 0 aromatic heterocycles. The van der Waals surface area contributed by atoms with Gasteiger partial charge in [-0.3, -0.25) is 9.59 Å². The van der Waals surface area contributed by atoms with E-state index < -0.39 is 5.82 Å². The summed E-state index contributed by atoms with van der Waals surface area (Å²) in [5.74, 6) is 0.261. The first-order valence-electron chi connectivity index (χ1n) is 10.1. The standard InChI is InChI=1S/C23H26ClFN2O3/c1-16-14-19(6-7-20(16)24)30-13-3-4-23(29)27-11-9-26(10-12-27)22-8-5-18(17(2)28)15-21(22)25/h5-8,14-15H,3-4,9-13H2,1-2H3. The second kappa shape index (κ2) is 9.94. The van der Waals surface area contributed by atoms with Crippen LogP contribution in [-0.2, 0) is 4.79 Å². The zero-order chi connectivity index (χ0) is 21.7. The number of carbonyl (C=O) groups excluding carboxylic acids is 2. The van der Waals surface area contributed by atoms with Crippen LogP contribution in [0.4, 0.5) is 10.1 Å². The molecule has 0 radical (unpaired) electrons. The van der Waals surface area contributed by atoms with Gasteiger partial charge < -0.3 is 14.5 Å². The molecule has 0 unspecified atom stereocenters. The molecular weight excluding hydrogens is 407 g/mol. The molecule has 1 amide bonds. The van der Waals surface area contributed by atoms with Crippen molar-refractivity contribution in [3.05, 3.63) is 58.4 Å². The molecule has 5 nitrogen and oxygen atoms in total. The predicted octanol–water partition coefficient (Wildman–Crippen LogP) is 4.50. The number of hydrogen-bond donors (Lipinski definition) is 0. The number of Topliss-reactive ketones (excluding diaryl/α,β-unsaturated/α-hetero) is 1. The van der Waals surface area contributed by atoms with Gasteiger partial charge in [0.05, 0.1) is 12.3 Å². The van der Waals surface area contributed by atoms with Crippen molar-refractivity contribution < 1.29 is 18.7 Å². The summed E-state index contributed by atoms with van der Waals surface area (Å²) in [4.78, 5) is 27.6. The Morgan fingerprint density at radius 1 is 1.10 bits per heavy atom. The highest BCUT2D eigenvalue weighted by Gasteiger charge is 2.23. The first kappa shape index (κ1) is 22.1. The van der Waals surface area contributed by atoms with Crippen LogP contribution in [0.25, 0.3) is 0 Å². The highest BCUT2D eigenvalue weighted by molar-refractivity contribution is 6.31. The van der Waals surface area contributed by atoms with E-state index in [1.165, 1.54) is 13.0 Å². The van der Waals surface area contributed by atoms with E-state index in [1.807, 2.05) is 28.9 Å². The van der Waals surface area contributed by atoms with Crippen LogP contribution in [0, 0.1) is 12.7 Å². The summed E-state index contributed by atoms with van der Waals surface area (Å²) >= 11 is 6.00. The molecule has 30 heavy (non-hydrogen) atoms. The number of ketones is 1. The van der Waals surface area contributed by atoms with Crippen LogP contribution in [0.3, 0.4) is 0 Å². The van der Waals surface area contributed by atoms with Gasteiger partial charge in [-0.1, -0.05) is 11.6 Å². The Hall–Kier alpha value is -2.60. The van der Waals surface area contributed by atoms with Crippen molar-refractivity contribution >= 4 is 29.0 Å². The van der Waals surface area contributed by atoms with Crippen molar-refractivity contribution in [2.24, 2.45) is 0 Å². The van der Waals surface area contributed by atoms with Gasteiger partial charge in [0.15, 0.2) is 5.78 Å². The van der Waals surface area contributed by atoms with E-state index >= 15 is 0 Å². The van der Waals surface area contributed by atoms with E-state index in [0.717, 1.165) is 11.3 Å². The molecule has 1 aliphatic heterocycles. The maximum atomic E-state index is 14.3. The number of anilines is 1. The second-order valence-corrected chi connectivity index (χ2v) is 7.86. The fourth-order valence-electron chi connectivity index (χ4n) is 3.46. The van der Waals surface area contributed by atoms with E-state index in [-0.39, 0.29) is 11.7 Å². The molecule has 2 aromatic rings. The Bertz CT molecular complexity index is 927. The highest BCUT2D eigenvalue weighted by Crippen LogP contribution is 2.23. The van der Waals surface area contributed by atoms with Crippen LogP contribution in [0.15, 0.2) is 36.4 Å². The number of hydrogen-bond acceptors (Lipinski definition) is 4. The lowest BCUT2D eigenvalue weighted by atomic mass is 10.1. The molecule has 0 atom stereocenters. The zero-order valence-electron chi connectivity index (χ0n) is 17.3. The minimum atomic E-state index is -0.405. The second-order valence-electron chi connectivity index (χ2n) is 7.45. The lowest BCUT2D eigenvalue weighted by Gasteiger charge is -2.36. The third kappa shape index (κ3) is 5.51. The first-order valence-corrected chi connectivity index (χ1v) is 10.4. The maximum absolute atomic E-state index is 14.3. The Kier molecular flexibility index (Phi) is 7.32. The highest BCUT2D eigenvalue weighted by atomic mass is 35.5. The molecular formula is C23H26ClFN2O3. The molecule has 0 aliphatic carbocycles. The van der Waals surface area contributed by atoms with Gasteiger partial charge >= 0.3 is 0 Å². The molecule has 2 aromatic carbocycles. The maximum Gasteiger partial charge on any atom is 0.222 e. The summed E-state index contributed by atoms with van der Waals surface area (Å²) in [6.45, 7) is 6.00. The van der Waals surface area contributed by atoms with Crippen molar-refractivity contribution in [2.45, 2.75) is 26.7 Å². The molecule has 0 saturated carbocycles. The third-order valence-corrected chi connectivity index (χ3v) is 5.68. The minimum absolute atomic E-state index is 0.0814. The molecule has 160 valence electrons. The van der Waals surface area contributed by atoms with Crippen molar-refractivity contribution in [1.29, 1.82) is 0 Å². The lowest BCUT2D eigenvalue weighted by Crippen LogP contribution is -2.49.